The van der Waals surface area contributed by atoms with Crippen LogP contribution in [0, 0.1) is 0 Å². The molecular weight excluding hydrogens is 242 g/mol. The van der Waals surface area contributed by atoms with Gasteiger partial charge in [0.25, 0.3) is 0 Å². The standard InChI is InChI=1S/C15H21NO3/c1-3-6-12-8-5-9-13(7-4-2)16(12)14(17)10-11-15(18)19/h3-5,8,12-13H,1-2,6-7,9-11H2,(H,18,19)/p-1/t12-,13+/m1/s1. The zero-order valence-electron chi connectivity index (χ0n) is 11.1. The molecule has 0 aromatic carbocycles. The minimum absolute atomic E-state index is 0.0164. The van der Waals surface area contributed by atoms with Crippen LogP contribution in [0.2, 0.25) is 0 Å². The summed E-state index contributed by atoms with van der Waals surface area (Å²) in [6.45, 7) is 7.41. The normalized spacial score (nSPS) is 22.0. The predicted molar refractivity (Wildman–Crippen MR) is 72.0 cm³/mol. The fourth-order valence-corrected chi connectivity index (χ4v) is 2.36. The Morgan fingerprint density at radius 1 is 1.26 bits per heavy atom. The molecule has 19 heavy (non-hydrogen) atoms. The van der Waals surface area contributed by atoms with Gasteiger partial charge in [-0.1, -0.05) is 24.3 Å². The molecule has 0 fully saturated rings. The van der Waals surface area contributed by atoms with Crippen LogP contribution in [0.5, 0.6) is 0 Å². The van der Waals surface area contributed by atoms with E-state index >= 15 is 0 Å². The Morgan fingerprint density at radius 2 is 1.95 bits per heavy atom. The van der Waals surface area contributed by atoms with Crippen LogP contribution in [-0.4, -0.2) is 28.9 Å². The molecule has 1 amide bonds. The van der Waals surface area contributed by atoms with Crippen molar-refractivity contribution in [3.8, 4) is 0 Å². The Bertz CT molecular complexity index is 387. The first-order chi connectivity index (χ1) is 9.10. The Hall–Kier alpha value is -1.84. The Morgan fingerprint density at radius 3 is 2.53 bits per heavy atom. The summed E-state index contributed by atoms with van der Waals surface area (Å²) >= 11 is 0. The molecule has 2 atom stereocenters. The highest BCUT2D eigenvalue weighted by Crippen LogP contribution is 2.23. The number of aliphatic carboxylic acids is 1. The minimum Gasteiger partial charge on any atom is -0.550 e. The van der Waals surface area contributed by atoms with Gasteiger partial charge >= 0.3 is 0 Å². The van der Waals surface area contributed by atoms with E-state index in [0.717, 1.165) is 6.42 Å². The highest BCUT2D eigenvalue weighted by atomic mass is 16.4. The fourth-order valence-electron chi connectivity index (χ4n) is 2.36. The lowest BCUT2D eigenvalue weighted by molar-refractivity contribution is -0.305. The van der Waals surface area contributed by atoms with Crippen LogP contribution in [-0.2, 0) is 9.59 Å². The zero-order chi connectivity index (χ0) is 14.3. The summed E-state index contributed by atoms with van der Waals surface area (Å²) in [7, 11) is 0. The van der Waals surface area contributed by atoms with Crippen molar-refractivity contribution in [2.45, 2.75) is 44.2 Å². The number of nitrogens with zero attached hydrogens (tertiary/aromatic N) is 1. The second kappa shape index (κ2) is 7.56. The van der Waals surface area contributed by atoms with Crippen molar-refractivity contribution in [2.75, 3.05) is 0 Å². The Kier molecular flexibility index (Phi) is 6.06. The number of rotatable bonds is 7. The van der Waals surface area contributed by atoms with E-state index in [9.17, 15) is 14.7 Å². The van der Waals surface area contributed by atoms with Crippen molar-refractivity contribution >= 4 is 11.9 Å². The number of carbonyl (C=O) groups excluding carboxylic acids is 2. The third-order valence-electron chi connectivity index (χ3n) is 3.19. The van der Waals surface area contributed by atoms with Crippen molar-refractivity contribution in [3.63, 3.8) is 0 Å². The average Bonchev–Trinajstić information content (AvgIpc) is 2.37. The summed E-state index contributed by atoms with van der Waals surface area (Å²) in [5.41, 5.74) is 0. The van der Waals surface area contributed by atoms with Gasteiger partial charge in [0.15, 0.2) is 0 Å². The maximum absolute atomic E-state index is 12.2. The van der Waals surface area contributed by atoms with E-state index in [4.69, 9.17) is 0 Å². The van der Waals surface area contributed by atoms with Crippen LogP contribution in [0.1, 0.15) is 32.1 Å². The summed E-state index contributed by atoms with van der Waals surface area (Å²) < 4.78 is 0. The predicted octanol–water partition coefficient (Wildman–Crippen LogP) is 1.19. The molecule has 4 nitrogen and oxygen atoms in total. The van der Waals surface area contributed by atoms with Gasteiger partial charge in [-0.3, -0.25) is 4.79 Å². The first-order valence-electron chi connectivity index (χ1n) is 6.49. The highest BCUT2D eigenvalue weighted by Gasteiger charge is 2.29. The molecule has 0 saturated carbocycles. The van der Waals surface area contributed by atoms with Gasteiger partial charge < -0.3 is 14.8 Å². The summed E-state index contributed by atoms with van der Waals surface area (Å²) in [5.74, 6) is -1.34. The molecule has 0 bridgehead atoms. The van der Waals surface area contributed by atoms with E-state index in [-0.39, 0.29) is 30.8 Å². The van der Waals surface area contributed by atoms with Gasteiger partial charge in [-0.05, 0) is 25.7 Å². The molecule has 104 valence electrons. The molecular formula is C15H20NO3-. The van der Waals surface area contributed by atoms with Gasteiger partial charge in [-0.25, -0.2) is 0 Å². The lowest BCUT2D eigenvalue weighted by atomic mass is 9.97. The van der Waals surface area contributed by atoms with Crippen LogP contribution >= 0.6 is 0 Å². The van der Waals surface area contributed by atoms with E-state index in [2.05, 4.69) is 19.2 Å². The van der Waals surface area contributed by atoms with Crippen molar-refractivity contribution < 1.29 is 14.7 Å². The molecule has 1 heterocycles. The van der Waals surface area contributed by atoms with E-state index in [1.807, 2.05) is 6.08 Å². The van der Waals surface area contributed by atoms with Crippen molar-refractivity contribution in [1.29, 1.82) is 0 Å². The number of carbonyl (C=O) groups is 2. The van der Waals surface area contributed by atoms with Gasteiger partial charge in [0, 0.05) is 18.4 Å². The van der Waals surface area contributed by atoms with E-state index < -0.39 is 5.97 Å². The molecule has 0 N–H and O–H groups in total. The number of hydrogen-bond acceptors (Lipinski definition) is 3. The van der Waals surface area contributed by atoms with Crippen LogP contribution in [0.4, 0.5) is 0 Å². The van der Waals surface area contributed by atoms with Gasteiger partial charge in [0.1, 0.15) is 0 Å². The largest absolute Gasteiger partial charge is 0.550 e. The molecule has 1 aliphatic heterocycles. The van der Waals surface area contributed by atoms with Crippen LogP contribution in [0.25, 0.3) is 0 Å². The van der Waals surface area contributed by atoms with Crippen LogP contribution in [0.15, 0.2) is 37.5 Å². The van der Waals surface area contributed by atoms with E-state index in [1.165, 1.54) is 0 Å². The average molecular weight is 262 g/mol. The third-order valence-corrected chi connectivity index (χ3v) is 3.19. The molecule has 0 unspecified atom stereocenters. The highest BCUT2D eigenvalue weighted by molar-refractivity contribution is 5.81. The topological polar surface area (TPSA) is 60.4 Å². The van der Waals surface area contributed by atoms with Gasteiger partial charge in [0.2, 0.25) is 5.91 Å². The summed E-state index contributed by atoms with van der Waals surface area (Å²) in [6, 6.07) is 0.0205. The summed E-state index contributed by atoms with van der Waals surface area (Å²) in [5, 5.41) is 10.5. The summed E-state index contributed by atoms with van der Waals surface area (Å²) in [4.78, 5) is 24.4. The maximum atomic E-state index is 12.2. The molecule has 0 spiro atoms. The molecule has 0 radical (unpaired) electrons. The fraction of sp³-hybridized carbons (Fsp3) is 0.467. The summed E-state index contributed by atoms with van der Waals surface area (Å²) in [6.07, 6.45) is 9.49. The van der Waals surface area contributed by atoms with Crippen LogP contribution < -0.4 is 5.11 Å². The van der Waals surface area contributed by atoms with Crippen molar-refractivity contribution in [2.24, 2.45) is 0 Å². The van der Waals surface area contributed by atoms with Gasteiger partial charge in [-0.2, -0.15) is 0 Å². The quantitative estimate of drug-likeness (QED) is 0.648. The second-order valence-corrected chi connectivity index (χ2v) is 4.61. The van der Waals surface area contributed by atoms with Crippen molar-refractivity contribution in [1.82, 2.24) is 4.90 Å². The lowest BCUT2D eigenvalue weighted by Crippen LogP contribution is -2.48. The number of carboxylic acid groups (broad SMARTS) is 1. The number of amides is 1. The molecule has 0 aromatic rings. The molecule has 1 rings (SSSR count). The zero-order valence-corrected chi connectivity index (χ0v) is 11.1. The smallest absolute Gasteiger partial charge is 0.223 e. The maximum Gasteiger partial charge on any atom is 0.223 e. The SMILES string of the molecule is C=CC[C@H]1CC=C[C@@H](CC=C)N1C(=O)CCC(=O)[O-]. The molecule has 0 saturated heterocycles. The lowest BCUT2D eigenvalue weighted by Gasteiger charge is -2.39. The first-order valence-corrected chi connectivity index (χ1v) is 6.49. The van der Waals surface area contributed by atoms with Gasteiger partial charge in [0.05, 0.1) is 6.04 Å². The number of hydrogen-bond donors (Lipinski definition) is 0. The molecule has 1 aliphatic rings. The second-order valence-electron chi connectivity index (χ2n) is 4.61. The Balaban J connectivity index is 2.81. The number of carboxylic acids is 1. The Labute approximate surface area is 114 Å². The molecule has 4 heteroatoms. The third kappa shape index (κ3) is 4.39. The molecule has 0 aromatic heterocycles. The first kappa shape index (κ1) is 15.2. The van der Waals surface area contributed by atoms with Crippen LogP contribution in [0.3, 0.4) is 0 Å². The molecule has 0 aliphatic carbocycles. The van der Waals surface area contributed by atoms with Gasteiger partial charge in [-0.15, -0.1) is 13.2 Å². The van der Waals surface area contributed by atoms with Crippen molar-refractivity contribution in [3.05, 3.63) is 37.5 Å². The van der Waals surface area contributed by atoms with E-state index in [0.29, 0.717) is 12.8 Å². The minimum atomic E-state index is -1.19. The van der Waals surface area contributed by atoms with E-state index in [1.54, 1.807) is 17.1 Å². The monoisotopic (exact) mass is 262 g/mol.